The van der Waals surface area contributed by atoms with Gasteiger partial charge in [0.25, 0.3) is 0 Å². The van der Waals surface area contributed by atoms with Crippen molar-refractivity contribution >= 4 is 15.9 Å². The van der Waals surface area contributed by atoms with Gasteiger partial charge in [0.05, 0.1) is 11.1 Å². The molecule has 0 amide bonds. The number of ether oxygens (including phenoxy) is 1. The molecular formula is C17H28BrNO. The van der Waals surface area contributed by atoms with Gasteiger partial charge in [0.2, 0.25) is 0 Å². The summed E-state index contributed by atoms with van der Waals surface area (Å²) < 4.78 is 6.70. The summed E-state index contributed by atoms with van der Waals surface area (Å²) in [4.78, 5) is 0. The molecule has 0 aliphatic carbocycles. The van der Waals surface area contributed by atoms with Crippen LogP contribution in [0.4, 0.5) is 0 Å². The molecule has 20 heavy (non-hydrogen) atoms. The van der Waals surface area contributed by atoms with Crippen molar-refractivity contribution in [1.82, 2.24) is 5.32 Å². The summed E-state index contributed by atoms with van der Waals surface area (Å²) >= 11 is 3.58. The lowest BCUT2D eigenvalue weighted by atomic mass is 10.1. The van der Waals surface area contributed by atoms with Crippen molar-refractivity contribution in [3.05, 3.63) is 28.2 Å². The zero-order valence-corrected chi connectivity index (χ0v) is 14.5. The molecule has 0 saturated carbocycles. The minimum atomic E-state index is 0.772. The van der Waals surface area contributed by atoms with Crippen molar-refractivity contribution in [2.45, 2.75) is 58.9 Å². The second-order valence-corrected chi connectivity index (χ2v) is 6.06. The van der Waals surface area contributed by atoms with Gasteiger partial charge >= 0.3 is 0 Å². The molecule has 0 unspecified atom stereocenters. The number of halogens is 1. The van der Waals surface area contributed by atoms with Gasteiger partial charge in [-0.1, -0.05) is 45.6 Å². The van der Waals surface area contributed by atoms with Gasteiger partial charge in [-0.2, -0.15) is 0 Å². The number of hydrogen-bond donors (Lipinski definition) is 1. The zero-order chi connectivity index (χ0) is 14.6. The number of rotatable bonds is 11. The Kier molecular flexibility index (Phi) is 9.77. The first kappa shape index (κ1) is 17.5. The third kappa shape index (κ3) is 7.30. The van der Waals surface area contributed by atoms with Gasteiger partial charge in [0.15, 0.2) is 0 Å². The minimum absolute atomic E-state index is 0.772. The van der Waals surface area contributed by atoms with Crippen LogP contribution in [0, 0.1) is 0 Å². The number of nitrogens with one attached hydrogen (secondary N) is 1. The largest absolute Gasteiger partial charge is 0.492 e. The molecule has 0 radical (unpaired) electrons. The molecule has 0 fully saturated rings. The van der Waals surface area contributed by atoms with Gasteiger partial charge in [-0.3, -0.25) is 0 Å². The molecular weight excluding hydrogens is 314 g/mol. The summed E-state index contributed by atoms with van der Waals surface area (Å²) in [6.45, 7) is 7.18. The zero-order valence-electron chi connectivity index (χ0n) is 12.9. The van der Waals surface area contributed by atoms with E-state index in [-0.39, 0.29) is 0 Å². The normalized spacial score (nSPS) is 10.8. The second kappa shape index (κ2) is 11.2. The van der Waals surface area contributed by atoms with Crippen LogP contribution in [-0.4, -0.2) is 13.2 Å². The van der Waals surface area contributed by atoms with E-state index in [0.717, 1.165) is 36.3 Å². The highest BCUT2D eigenvalue weighted by molar-refractivity contribution is 9.10. The van der Waals surface area contributed by atoms with Crippen molar-refractivity contribution in [2.75, 3.05) is 13.2 Å². The summed E-state index contributed by atoms with van der Waals surface area (Å²) in [7, 11) is 0. The third-order valence-corrected chi connectivity index (χ3v) is 3.86. The molecule has 114 valence electrons. The van der Waals surface area contributed by atoms with E-state index in [4.69, 9.17) is 4.74 Å². The number of benzene rings is 1. The first-order valence-corrected chi connectivity index (χ1v) is 8.69. The van der Waals surface area contributed by atoms with Crippen LogP contribution in [0.25, 0.3) is 0 Å². The monoisotopic (exact) mass is 341 g/mol. The Labute approximate surface area is 132 Å². The first-order chi connectivity index (χ1) is 9.77. The van der Waals surface area contributed by atoms with Crippen molar-refractivity contribution in [1.29, 1.82) is 0 Å². The van der Waals surface area contributed by atoms with Crippen molar-refractivity contribution in [2.24, 2.45) is 0 Å². The summed E-state index contributed by atoms with van der Waals surface area (Å²) in [5.74, 6) is 0.940. The Balaban J connectivity index is 2.22. The van der Waals surface area contributed by atoms with E-state index < -0.39 is 0 Å². The van der Waals surface area contributed by atoms with Gasteiger partial charge in [-0.05, 0) is 53.0 Å². The van der Waals surface area contributed by atoms with Crippen molar-refractivity contribution in [3.63, 3.8) is 0 Å². The Morgan fingerprint density at radius 3 is 2.55 bits per heavy atom. The summed E-state index contributed by atoms with van der Waals surface area (Å²) in [6, 6.07) is 6.34. The van der Waals surface area contributed by atoms with E-state index in [0.29, 0.717) is 0 Å². The van der Waals surface area contributed by atoms with E-state index in [1.165, 1.54) is 37.7 Å². The Hall–Kier alpha value is -0.540. The van der Waals surface area contributed by atoms with Crippen LogP contribution in [-0.2, 0) is 6.54 Å². The molecule has 0 spiro atoms. The molecule has 1 rings (SSSR count). The molecule has 0 atom stereocenters. The van der Waals surface area contributed by atoms with E-state index in [1.807, 2.05) is 0 Å². The van der Waals surface area contributed by atoms with Crippen LogP contribution in [0.5, 0.6) is 5.75 Å². The first-order valence-electron chi connectivity index (χ1n) is 7.89. The van der Waals surface area contributed by atoms with Crippen LogP contribution < -0.4 is 10.1 Å². The highest BCUT2D eigenvalue weighted by atomic mass is 79.9. The summed E-state index contributed by atoms with van der Waals surface area (Å²) in [6.07, 6.45) is 7.70. The van der Waals surface area contributed by atoms with Gasteiger partial charge in [-0.15, -0.1) is 0 Å². The quantitative estimate of drug-likeness (QED) is 0.551. The van der Waals surface area contributed by atoms with Crippen molar-refractivity contribution < 1.29 is 4.74 Å². The highest BCUT2D eigenvalue weighted by Gasteiger charge is 2.02. The van der Waals surface area contributed by atoms with E-state index in [9.17, 15) is 0 Å². The molecule has 0 aromatic heterocycles. The molecule has 0 bridgehead atoms. The Morgan fingerprint density at radius 2 is 1.85 bits per heavy atom. The van der Waals surface area contributed by atoms with Crippen LogP contribution in [0.1, 0.15) is 57.9 Å². The topological polar surface area (TPSA) is 21.3 Å². The van der Waals surface area contributed by atoms with Crippen LogP contribution in [0.15, 0.2) is 22.7 Å². The molecule has 2 nitrogen and oxygen atoms in total. The van der Waals surface area contributed by atoms with Crippen LogP contribution in [0.2, 0.25) is 0 Å². The third-order valence-electron chi connectivity index (χ3n) is 3.24. The Morgan fingerprint density at radius 1 is 1.05 bits per heavy atom. The predicted molar refractivity (Wildman–Crippen MR) is 90.4 cm³/mol. The molecule has 0 aliphatic rings. The fourth-order valence-corrected chi connectivity index (χ4v) is 2.61. The fraction of sp³-hybridized carbons (Fsp3) is 0.647. The van der Waals surface area contributed by atoms with Gasteiger partial charge < -0.3 is 10.1 Å². The van der Waals surface area contributed by atoms with Gasteiger partial charge in [0.1, 0.15) is 5.75 Å². The van der Waals surface area contributed by atoms with E-state index in [2.05, 4.69) is 53.3 Å². The molecule has 1 aromatic rings. The molecule has 0 saturated heterocycles. The number of hydrogen-bond acceptors (Lipinski definition) is 2. The summed E-state index contributed by atoms with van der Waals surface area (Å²) in [5.41, 5.74) is 1.30. The van der Waals surface area contributed by atoms with Gasteiger partial charge in [0, 0.05) is 6.54 Å². The maximum Gasteiger partial charge on any atom is 0.133 e. The second-order valence-electron chi connectivity index (χ2n) is 5.20. The molecule has 0 aliphatic heterocycles. The SMILES string of the molecule is CCCCCCCNCc1ccc(OCCC)c(Br)c1. The lowest BCUT2D eigenvalue weighted by Gasteiger charge is -2.09. The maximum absolute atomic E-state index is 5.65. The smallest absolute Gasteiger partial charge is 0.133 e. The lowest BCUT2D eigenvalue weighted by Crippen LogP contribution is -2.14. The van der Waals surface area contributed by atoms with Crippen LogP contribution in [0.3, 0.4) is 0 Å². The van der Waals surface area contributed by atoms with Crippen molar-refractivity contribution in [3.8, 4) is 5.75 Å². The maximum atomic E-state index is 5.65. The fourth-order valence-electron chi connectivity index (χ4n) is 2.07. The molecule has 1 aromatic carbocycles. The molecule has 1 N–H and O–H groups in total. The highest BCUT2D eigenvalue weighted by Crippen LogP contribution is 2.26. The van der Waals surface area contributed by atoms with Gasteiger partial charge in [-0.25, -0.2) is 0 Å². The minimum Gasteiger partial charge on any atom is -0.492 e. The molecule has 0 heterocycles. The average Bonchev–Trinajstić information content (AvgIpc) is 2.45. The lowest BCUT2D eigenvalue weighted by molar-refractivity contribution is 0.315. The standard InChI is InChI=1S/C17H28BrNO/c1-3-5-6-7-8-11-19-14-15-9-10-17(16(18)13-15)20-12-4-2/h9-10,13,19H,3-8,11-12,14H2,1-2H3. The Bertz CT molecular complexity index is 368. The predicted octanol–water partition coefficient (Wildman–Crippen LogP) is 5.30. The average molecular weight is 342 g/mol. The molecule has 3 heteroatoms. The van der Waals surface area contributed by atoms with Crippen LogP contribution >= 0.6 is 15.9 Å². The summed E-state index contributed by atoms with van der Waals surface area (Å²) in [5, 5.41) is 3.51. The van der Waals surface area contributed by atoms with E-state index in [1.54, 1.807) is 0 Å². The number of unbranched alkanes of at least 4 members (excludes halogenated alkanes) is 4. The van der Waals surface area contributed by atoms with E-state index >= 15 is 0 Å².